The lowest BCUT2D eigenvalue weighted by atomic mass is 10.1. The Morgan fingerprint density at radius 2 is 1.78 bits per heavy atom. The lowest BCUT2D eigenvalue weighted by Gasteiger charge is -2.35. The molecule has 0 saturated carbocycles. The van der Waals surface area contributed by atoms with Crippen molar-refractivity contribution in [2.24, 2.45) is 0 Å². The Labute approximate surface area is 188 Å². The van der Waals surface area contributed by atoms with E-state index in [1.165, 1.54) is 13.2 Å². The van der Waals surface area contributed by atoms with Gasteiger partial charge in [-0.1, -0.05) is 12.1 Å². The van der Waals surface area contributed by atoms with Gasteiger partial charge in [0, 0.05) is 44.0 Å². The zero-order chi connectivity index (χ0) is 23.3. The molecule has 0 atom stereocenters. The van der Waals surface area contributed by atoms with Gasteiger partial charge in [-0.25, -0.2) is 9.18 Å². The molecular formula is C24H30FN3O4. The van der Waals surface area contributed by atoms with Gasteiger partial charge in [-0.3, -0.25) is 15.0 Å². The molecule has 0 aliphatic carbocycles. The number of carbonyl (C=O) groups is 2. The van der Waals surface area contributed by atoms with Crippen LogP contribution in [0.25, 0.3) is 0 Å². The van der Waals surface area contributed by atoms with E-state index in [2.05, 4.69) is 10.2 Å². The van der Waals surface area contributed by atoms with E-state index in [1.807, 2.05) is 6.07 Å². The van der Waals surface area contributed by atoms with Gasteiger partial charge in [0.05, 0.1) is 7.11 Å². The summed E-state index contributed by atoms with van der Waals surface area (Å²) in [7, 11) is 1.44. The number of amides is 2. The summed E-state index contributed by atoms with van der Waals surface area (Å²) in [4.78, 5) is 28.9. The number of benzene rings is 2. The van der Waals surface area contributed by atoms with Gasteiger partial charge in [-0.15, -0.1) is 0 Å². The Morgan fingerprint density at radius 1 is 1.06 bits per heavy atom. The van der Waals surface area contributed by atoms with Crippen LogP contribution in [-0.4, -0.2) is 60.7 Å². The molecule has 1 aliphatic heterocycles. The number of hydrogen-bond donors (Lipinski definition) is 1. The van der Waals surface area contributed by atoms with E-state index in [1.54, 1.807) is 56.0 Å². The van der Waals surface area contributed by atoms with E-state index < -0.39 is 11.7 Å². The molecular weight excluding hydrogens is 413 g/mol. The fourth-order valence-corrected chi connectivity index (χ4v) is 3.51. The van der Waals surface area contributed by atoms with Crippen molar-refractivity contribution in [3.8, 4) is 5.75 Å². The molecule has 2 aromatic carbocycles. The van der Waals surface area contributed by atoms with Gasteiger partial charge in [0.2, 0.25) is 0 Å². The normalized spacial score (nSPS) is 14.7. The SMILES string of the molecule is COc1ccc(CN2CCN(C(=O)c3cccc(NC(=O)OC(C)(C)C)c3)CC2)cc1F. The van der Waals surface area contributed by atoms with E-state index in [-0.39, 0.29) is 17.5 Å². The lowest BCUT2D eigenvalue weighted by Crippen LogP contribution is -2.48. The Balaban J connectivity index is 1.55. The van der Waals surface area contributed by atoms with E-state index in [4.69, 9.17) is 9.47 Å². The minimum Gasteiger partial charge on any atom is -0.494 e. The first-order chi connectivity index (χ1) is 15.1. The highest BCUT2D eigenvalue weighted by molar-refractivity contribution is 5.96. The fourth-order valence-electron chi connectivity index (χ4n) is 3.51. The van der Waals surface area contributed by atoms with Crippen LogP contribution in [0.3, 0.4) is 0 Å². The van der Waals surface area contributed by atoms with Crippen molar-refractivity contribution < 1.29 is 23.5 Å². The maximum absolute atomic E-state index is 13.9. The van der Waals surface area contributed by atoms with Gasteiger partial charge in [0.15, 0.2) is 11.6 Å². The minimum atomic E-state index is -0.602. The van der Waals surface area contributed by atoms with E-state index in [0.29, 0.717) is 44.0 Å². The Morgan fingerprint density at radius 3 is 2.41 bits per heavy atom. The van der Waals surface area contributed by atoms with Gasteiger partial charge < -0.3 is 14.4 Å². The summed E-state index contributed by atoms with van der Waals surface area (Å²) in [5, 5.41) is 2.66. The third kappa shape index (κ3) is 6.43. The summed E-state index contributed by atoms with van der Waals surface area (Å²) < 4.78 is 24.1. The number of methoxy groups -OCH3 is 1. The van der Waals surface area contributed by atoms with Crippen LogP contribution in [0.1, 0.15) is 36.7 Å². The Kier molecular flexibility index (Phi) is 7.35. The van der Waals surface area contributed by atoms with Crippen LogP contribution in [-0.2, 0) is 11.3 Å². The second kappa shape index (κ2) is 9.99. The summed E-state index contributed by atoms with van der Waals surface area (Å²) in [6.07, 6.45) is -0.564. The van der Waals surface area contributed by atoms with Crippen molar-refractivity contribution in [2.75, 3.05) is 38.6 Å². The summed E-state index contributed by atoms with van der Waals surface area (Å²) in [5.74, 6) is -0.237. The zero-order valence-electron chi connectivity index (χ0n) is 19.0. The number of halogens is 1. The van der Waals surface area contributed by atoms with Crippen molar-refractivity contribution in [2.45, 2.75) is 32.9 Å². The Bertz CT molecular complexity index is 966. The van der Waals surface area contributed by atoms with Gasteiger partial charge in [-0.2, -0.15) is 0 Å². The number of nitrogens with zero attached hydrogens (tertiary/aromatic N) is 2. The van der Waals surface area contributed by atoms with Gasteiger partial charge >= 0.3 is 6.09 Å². The molecule has 1 heterocycles. The van der Waals surface area contributed by atoms with Crippen LogP contribution < -0.4 is 10.1 Å². The predicted octanol–water partition coefficient (Wildman–Crippen LogP) is 4.14. The van der Waals surface area contributed by atoms with E-state index >= 15 is 0 Å². The van der Waals surface area contributed by atoms with Crippen LogP contribution in [0.2, 0.25) is 0 Å². The second-order valence-corrected chi connectivity index (χ2v) is 8.74. The van der Waals surface area contributed by atoms with Gasteiger partial charge in [0.25, 0.3) is 5.91 Å². The van der Waals surface area contributed by atoms with E-state index in [0.717, 1.165) is 5.56 Å². The topological polar surface area (TPSA) is 71.1 Å². The van der Waals surface area contributed by atoms with Crippen LogP contribution in [0.4, 0.5) is 14.9 Å². The van der Waals surface area contributed by atoms with Crippen LogP contribution in [0.15, 0.2) is 42.5 Å². The molecule has 1 aliphatic rings. The number of ether oxygens (including phenoxy) is 2. The Hall–Kier alpha value is -3.13. The van der Waals surface area contributed by atoms with Gasteiger partial charge in [0.1, 0.15) is 5.60 Å². The highest BCUT2D eigenvalue weighted by Gasteiger charge is 2.23. The molecule has 2 amide bonds. The molecule has 172 valence electrons. The summed E-state index contributed by atoms with van der Waals surface area (Å²) >= 11 is 0. The maximum atomic E-state index is 13.9. The molecule has 2 aromatic rings. The van der Waals surface area contributed by atoms with Crippen molar-refractivity contribution in [1.29, 1.82) is 0 Å². The van der Waals surface area contributed by atoms with Crippen molar-refractivity contribution >= 4 is 17.7 Å². The van der Waals surface area contributed by atoms with Gasteiger partial charge in [-0.05, 0) is 56.7 Å². The first-order valence-electron chi connectivity index (χ1n) is 10.6. The predicted molar refractivity (Wildman–Crippen MR) is 120 cm³/mol. The first kappa shape index (κ1) is 23.5. The largest absolute Gasteiger partial charge is 0.494 e. The van der Waals surface area contributed by atoms with Crippen LogP contribution in [0, 0.1) is 5.82 Å². The van der Waals surface area contributed by atoms with Crippen molar-refractivity contribution in [1.82, 2.24) is 9.80 Å². The number of piperazine rings is 1. The summed E-state index contributed by atoms with van der Waals surface area (Å²) in [6.45, 7) is 8.50. The number of nitrogens with one attached hydrogen (secondary N) is 1. The number of anilines is 1. The summed E-state index contributed by atoms with van der Waals surface area (Å²) in [5.41, 5.74) is 1.27. The standard InChI is InChI=1S/C24H30FN3O4/c1-24(2,3)32-23(30)26-19-7-5-6-18(15-19)22(29)28-12-10-27(11-13-28)16-17-8-9-21(31-4)20(25)14-17/h5-9,14-15H,10-13,16H2,1-4H3,(H,26,30). The van der Waals surface area contributed by atoms with Crippen molar-refractivity contribution in [3.63, 3.8) is 0 Å². The molecule has 0 spiro atoms. The smallest absolute Gasteiger partial charge is 0.412 e. The summed E-state index contributed by atoms with van der Waals surface area (Å²) in [6, 6.07) is 11.8. The van der Waals surface area contributed by atoms with Crippen molar-refractivity contribution in [3.05, 3.63) is 59.4 Å². The molecule has 3 rings (SSSR count). The number of hydrogen-bond acceptors (Lipinski definition) is 5. The molecule has 32 heavy (non-hydrogen) atoms. The molecule has 1 N–H and O–H groups in total. The highest BCUT2D eigenvalue weighted by Crippen LogP contribution is 2.20. The first-order valence-corrected chi connectivity index (χ1v) is 10.6. The zero-order valence-corrected chi connectivity index (χ0v) is 19.0. The van der Waals surface area contributed by atoms with Crippen LogP contribution in [0.5, 0.6) is 5.75 Å². The monoisotopic (exact) mass is 443 g/mol. The number of rotatable bonds is 5. The maximum Gasteiger partial charge on any atom is 0.412 e. The molecule has 0 unspecified atom stereocenters. The molecule has 1 fully saturated rings. The quantitative estimate of drug-likeness (QED) is 0.752. The number of carbonyl (C=O) groups excluding carboxylic acids is 2. The highest BCUT2D eigenvalue weighted by atomic mass is 19.1. The molecule has 7 nitrogen and oxygen atoms in total. The molecule has 0 bridgehead atoms. The molecule has 0 aromatic heterocycles. The third-order valence-corrected chi connectivity index (χ3v) is 5.04. The lowest BCUT2D eigenvalue weighted by molar-refractivity contribution is 0.0620. The van der Waals surface area contributed by atoms with E-state index in [9.17, 15) is 14.0 Å². The third-order valence-electron chi connectivity index (χ3n) is 5.04. The molecule has 8 heteroatoms. The molecule has 0 radical (unpaired) electrons. The van der Waals surface area contributed by atoms with Crippen LogP contribution >= 0.6 is 0 Å². The average molecular weight is 444 g/mol. The minimum absolute atomic E-state index is 0.0898. The fraction of sp³-hybridized carbons (Fsp3) is 0.417. The average Bonchev–Trinajstić information content (AvgIpc) is 2.73. The second-order valence-electron chi connectivity index (χ2n) is 8.74. The molecule has 1 saturated heterocycles.